The van der Waals surface area contributed by atoms with Crippen LogP contribution in [-0.2, 0) is 0 Å². The molecule has 1 aromatic heterocycles. The van der Waals surface area contributed by atoms with Crippen molar-refractivity contribution in [3.05, 3.63) is 42.0 Å². The minimum absolute atomic E-state index is 0.195. The molecule has 6 heteroatoms. The van der Waals surface area contributed by atoms with Crippen molar-refractivity contribution in [1.82, 2.24) is 20.5 Å². The Morgan fingerprint density at radius 1 is 1.33 bits per heavy atom. The zero-order chi connectivity index (χ0) is 15.2. The number of benzene rings is 1. The van der Waals surface area contributed by atoms with E-state index >= 15 is 0 Å². The SMILES string of the molecule is CC(C)c1nc(C(=O)NCCN(C)c2ccccc2)n[nH]1. The zero-order valence-electron chi connectivity index (χ0n) is 12.6. The number of aromatic amines is 1. The molecular formula is C15H21N5O. The molecule has 1 heterocycles. The predicted octanol–water partition coefficient (Wildman–Crippen LogP) is 1.79. The molecule has 2 aromatic rings. The first-order valence-electron chi connectivity index (χ1n) is 7.04. The summed E-state index contributed by atoms with van der Waals surface area (Å²) in [6.45, 7) is 5.25. The molecule has 0 radical (unpaired) electrons. The first kappa shape index (κ1) is 15.0. The van der Waals surface area contributed by atoms with Gasteiger partial charge in [-0.05, 0) is 12.1 Å². The predicted molar refractivity (Wildman–Crippen MR) is 82.5 cm³/mol. The van der Waals surface area contributed by atoms with E-state index in [0.717, 1.165) is 18.1 Å². The Kier molecular flexibility index (Phi) is 4.92. The van der Waals surface area contributed by atoms with Gasteiger partial charge in [0.25, 0.3) is 5.91 Å². The third-order valence-electron chi connectivity index (χ3n) is 3.18. The van der Waals surface area contributed by atoms with Crippen molar-refractivity contribution in [3.63, 3.8) is 0 Å². The van der Waals surface area contributed by atoms with Crippen LogP contribution in [0, 0.1) is 0 Å². The van der Waals surface area contributed by atoms with Gasteiger partial charge < -0.3 is 10.2 Å². The van der Waals surface area contributed by atoms with Crippen LogP contribution in [-0.4, -0.2) is 41.2 Å². The van der Waals surface area contributed by atoms with E-state index in [2.05, 4.69) is 25.4 Å². The maximum absolute atomic E-state index is 11.9. The lowest BCUT2D eigenvalue weighted by molar-refractivity contribution is 0.0944. The maximum Gasteiger partial charge on any atom is 0.291 e. The summed E-state index contributed by atoms with van der Waals surface area (Å²) in [4.78, 5) is 18.2. The van der Waals surface area contributed by atoms with E-state index < -0.39 is 0 Å². The number of carbonyl (C=O) groups is 1. The topological polar surface area (TPSA) is 73.9 Å². The molecule has 21 heavy (non-hydrogen) atoms. The van der Waals surface area contributed by atoms with E-state index in [1.165, 1.54) is 0 Å². The molecule has 0 bridgehead atoms. The Labute approximate surface area is 124 Å². The Morgan fingerprint density at radius 2 is 2.05 bits per heavy atom. The van der Waals surface area contributed by atoms with Gasteiger partial charge in [-0.15, -0.1) is 5.10 Å². The van der Waals surface area contributed by atoms with E-state index in [0.29, 0.717) is 6.54 Å². The average molecular weight is 287 g/mol. The minimum Gasteiger partial charge on any atom is -0.373 e. The number of likely N-dealkylation sites (N-methyl/N-ethyl adjacent to an activating group) is 1. The Hall–Kier alpha value is -2.37. The second-order valence-electron chi connectivity index (χ2n) is 5.21. The number of hydrogen-bond acceptors (Lipinski definition) is 4. The van der Waals surface area contributed by atoms with Gasteiger partial charge in [-0.2, -0.15) is 0 Å². The molecule has 0 unspecified atom stereocenters. The number of hydrogen-bond donors (Lipinski definition) is 2. The van der Waals surface area contributed by atoms with Crippen LogP contribution in [0.4, 0.5) is 5.69 Å². The summed E-state index contributed by atoms with van der Waals surface area (Å²) in [5, 5.41) is 9.54. The lowest BCUT2D eigenvalue weighted by Crippen LogP contribution is -2.33. The second-order valence-corrected chi connectivity index (χ2v) is 5.21. The number of carbonyl (C=O) groups excluding carboxylic acids is 1. The number of para-hydroxylation sites is 1. The normalized spacial score (nSPS) is 10.7. The Morgan fingerprint density at radius 3 is 2.67 bits per heavy atom. The van der Waals surface area contributed by atoms with Crippen LogP contribution in [0.3, 0.4) is 0 Å². The second kappa shape index (κ2) is 6.88. The highest BCUT2D eigenvalue weighted by atomic mass is 16.2. The molecule has 0 saturated heterocycles. The van der Waals surface area contributed by atoms with Crippen LogP contribution >= 0.6 is 0 Å². The molecule has 0 aliphatic rings. The van der Waals surface area contributed by atoms with Crippen molar-refractivity contribution in [2.24, 2.45) is 0 Å². The molecule has 2 N–H and O–H groups in total. The highest BCUT2D eigenvalue weighted by Gasteiger charge is 2.13. The number of anilines is 1. The summed E-state index contributed by atoms with van der Waals surface area (Å²) >= 11 is 0. The molecule has 0 aliphatic heterocycles. The fourth-order valence-corrected chi connectivity index (χ4v) is 1.86. The molecule has 0 atom stereocenters. The lowest BCUT2D eigenvalue weighted by Gasteiger charge is -2.19. The molecule has 6 nitrogen and oxygen atoms in total. The largest absolute Gasteiger partial charge is 0.373 e. The Balaban J connectivity index is 1.81. The van der Waals surface area contributed by atoms with Crippen molar-refractivity contribution in [2.45, 2.75) is 19.8 Å². The summed E-state index contributed by atoms with van der Waals surface area (Å²) in [6, 6.07) is 10.0. The highest BCUT2D eigenvalue weighted by molar-refractivity contribution is 5.90. The van der Waals surface area contributed by atoms with E-state index in [1.54, 1.807) is 0 Å². The molecule has 1 aromatic carbocycles. The van der Waals surface area contributed by atoms with Gasteiger partial charge in [0.05, 0.1) is 0 Å². The molecule has 112 valence electrons. The van der Waals surface area contributed by atoms with Gasteiger partial charge >= 0.3 is 0 Å². The molecule has 0 saturated carbocycles. The first-order valence-corrected chi connectivity index (χ1v) is 7.04. The Bertz CT molecular complexity index is 579. The fraction of sp³-hybridized carbons (Fsp3) is 0.400. The third kappa shape index (κ3) is 4.05. The van der Waals surface area contributed by atoms with Gasteiger partial charge in [-0.25, -0.2) is 4.98 Å². The van der Waals surface area contributed by atoms with Gasteiger partial charge in [0, 0.05) is 31.7 Å². The number of rotatable bonds is 6. The number of aromatic nitrogens is 3. The fourth-order valence-electron chi connectivity index (χ4n) is 1.86. The van der Waals surface area contributed by atoms with E-state index in [1.807, 2.05) is 51.2 Å². The molecule has 0 fully saturated rings. The highest BCUT2D eigenvalue weighted by Crippen LogP contribution is 2.10. The molecule has 0 aliphatic carbocycles. The number of H-pyrrole nitrogens is 1. The van der Waals surface area contributed by atoms with Crippen molar-refractivity contribution in [3.8, 4) is 0 Å². The van der Waals surface area contributed by atoms with Gasteiger partial charge in [-0.3, -0.25) is 9.89 Å². The third-order valence-corrected chi connectivity index (χ3v) is 3.18. The standard InChI is InChI=1S/C15H21N5O/c1-11(2)13-17-14(19-18-13)15(21)16-9-10-20(3)12-7-5-4-6-8-12/h4-8,11H,9-10H2,1-3H3,(H,16,21)(H,17,18,19). The number of amides is 1. The minimum atomic E-state index is -0.250. The quantitative estimate of drug-likeness (QED) is 0.849. The summed E-state index contributed by atoms with van der Waals surface area (Å²) in [7, 11) is 1.99. The maximum atomic E-state index is 11.9. The molecule has 1 amide bonds. The lowest BCUT2D eigenvalue weighted by atomic mass is 10.2. The van der Waals surface area contributed by atoms with Crippen LogP contribution in [0.1, 0.15) is 36.2 Å². The van der Waals surface area contributed by atoms with Gasteiger partial charge in [0.15, 0.2) is 0 Å². The van der Waals surface area contributed by atoms with Gasteiger partial charge in [0.1, 0.15) is 5.82 Å². The first-order chi connectivity index (χ1) is 10.1. The van der Waals surface area contributed by atoms with Crippen molar-refractivity contribution in [2.75, 3.05) is 25.0 Å². The summed E-state index contributed by atoms with van der Waals surface area (Å²) in [5.74, 6) is 0.894. The molecular weight excluding hydrogens is 266 g/mol. The van der Waals surface area contributed by atoms with Crippen molar-refractivity contribution < 1.29 is 4.79 Å². The summed E-state index contributed by atoms with van der Waals surface area (Å²) in [6.07, 6.45) is 0. The van der Waals surface area contributed by atoms with Crippen molar-refractivity contribution in [1.29, 1.82) is 0 Å². The van der Waals surface area contributed by atoms with Crippen LogP contribution in [0.5, 0.6) is 0 Å². The van der Waals surface area contributed by atoms with Gasteiger partial charge in [-0.1, -0.05) is 32.0 Å². The number of nitrogens with one attached hydrogen (secondary N) is 2. The summed E-state index contributed by atoms with van der Waals surface area (Å²) < 4.78 is 0. The van der Waals surface area contributed by atoms with Crippen LogP contribution in [0.15, 0.2) is 30.3 Å². The van der Waals surface area contributed by atoms with E-state index in [9.17, 15) is 4.79 Å². The van der Waals surface area contributed by atoms with Crippen LogP contribution in [0.25, 0.3) is 0 Å². The molecule has 2 rings (SSSR count). The van der Waals surface area contributed by atoms with E-state index in [-0.39, 0.29) is 17.6 Å². The smallest absolute Gasteiger partial charge is 0.291 e. The monoisotopic (exact) mass is 287 g/mol. The number of nitrogens with zero attached hydrogens (tertiary/aromatic N) is 3. The van der Waals surface area contributed by atoms with Crippen LogP contribution in [0.2, 0.25) is 0 Å². The summed E-state index contributed by atoms with van der Waals surface area (Å²) in [5.41, 5.74) is 1.12. The van der Waals surface area contributed by atoms with Crippen molar-refractivity contribution >= 4 is 11.6 Å². The van der Waals surface area contributed by atoms with E-state index in [4.69, 9.17) is 0 Å². The average Bonchev–Trinajstić information content (AvgIpc) is 2.98. The van der Waals surface area contributed by atoms with Gasteiger partial charge in [0.2, 0.25) is 5.82 Å². The molecule has 0 spiro atoms. The van der Waals surface area contributed by atoms with Crippen LogP contribution < -0.4 is 10.2 Å². The zero-order valence-corrected chi connectivity index (χ0v) is 12.6.